The molecule has 4 atom stereocenters. The van der Waals surface area contributed by atoms with E-state index in [1.165, 1.54) is 0 Å². The molecular weight excluding hydrogens is 348 g/mol. The first-order chi connectivity index (χ1) is 11.9. The fourth-order valence-corrected chi connectivity index (χ4v) is 3.34. The molecule has 1 fully saturated rings. The summed E-state index contributed by atoms with van der Waals surface area (Å²) in [5.41, 5.74) is 0.0536. The Morgan fingerprint density at radius 1 is 1.16 bits per heavy atom. The molecule has 2 aliphatic rings. The van der Waals surface area contributed by atoms with Gasteiger partial charge in [-0.25, -0.2) is 4.79 Å². The molecular formula is C18H21ClO6. The first-order valence-corrected chi connectivity index (χ1v) is 8.67. The van der Waals surface area contributed by atoms with E-state index in [0.717, 1.165) is 12.5 Å². The summed E-state index contributed by atoms with van der Waals surface area (Å²) in [6.45, 7) is 1.76. The van der Waals surface area contributed by atoms with Crippen LogP contribution in [0.15, 0.2) is 18.2 Å². The zero-order valence-electron chi connectivity index (χ0n) is 13.8. The Balaban J connectivity index is 1.95. The van der Waals surface area contributed by atoms with Gasteiger partial charge in [0.05, 0.1) is 23.3 Å². The van der Waals surface area contributed by atoms with E-state index in [2.05, 4.69) is 0 Å². The molecule has 0 aromatic heterocycles. The van der Waals surface area contributed by atoms with Gasteiger partial charge in [0, 0.05) is 18.9 Å². The normalized spacial score (nSPS) is 30.0. The molecule has 1 saturated heterocycles. The van der Waals surface area contributed by atoms with E-state index in [0.29, 0.717) is 12.8 Å². The number of aliphatic hydroxyl groups is 1. The fraction of sp³-hybridized carbons (Fsp3) is 0.500. The number of hydrogen-bond donors (Lipinski definition) is 3. The molecule has 25 heavy (non-hydrogen) atoms. The third kappa shape index (κ3) is 4.08. The summed E-state index contributed by atoms with van der Waals surface area (Å²) >= 11 is 6.11. The Morgan fingerprint density at radius 2 is 1.88 bits per heavy atom. The number of ether oxygens (including phenoxy) is 2. The Bertz CT molecular complexity index is 701. The number of aliphatic hydroxyl groups excluding tert-OH is 1. The smallest absolute Gasteiger partial charge is 0.342 e. The summed E-state index contributed by atoms with van der Waals surface area (Å²) in [4.78, 5) is 12.5. The van der Waals surface area contributed by atoms with Crippen LogP contribution in [0.5, 0.6) is 11.5 Å². The van der Waals surface area contributed by atoms with Gasteiger partial charge in [-0.1, -0.05) is 23.8 Å². The van der Waals surface area contributed by atoms with Gasteiger partial charge in [-0.05, 0) is 25.3 Å². The molecule has 2 heterocycles. The number of carbonyl (C=O) groups is 1. The lowest BCUT2D eigenvalue weighted by Gasteiger charge is -2.18. The molecule has 0 bridgehead atoms. The van der Waals surface area contributed by atoms with Gasteiger partial charge >= 0.3 is 5.97 Å². The summed E-state index contributed by atoms with van der Waals surface area (Å²) in [6, 6.07) is 1.00. The molecule has 0 radical (unpaired) electrons. The van der Waals surface area contributed by atoms with Gasteiger partial charge in [-0.3, -0.25) is 0 Å². The Kier molecular flexibility index (Phi) is 5.22. The third-order valence-electron chi connectivity index (χ3n) is 4.47. The van der Waals surface area contributed by atoms with Gasteiger partial charge in [-0.15, -0.1) is 0 Å². The van der Waals surface area contributed by atoms with Crippen LogP contribution in [0.3, 0.4) is 0 Å². The zero-order valence-corrected chi connectivity index (χ0v) is 14.6. The number of epoxide rings is 1. The van der Waals surface area contributed by atoms with Crippen molar-refractivity contribution in [3.05, 3.63) is 34.4 Å². The predicted octanol–water partition coefficient (Wildman–Crippen LogP) is 2.71. The SMILES string of the molecule is C[C@@H]1C[C@@H]2O[C@H]2CC=CC[C@H](O)Cc2c(Cl)c(O)cc(O)c2C(=O)O1. The van der Waals surface area contributed by atoms with Crippen molar-refractivity contribution in [2.24, 2.45) is 0 Å². The topological polar surface area (TPSA) is 99.5 Å². The average Bonchev–Trinajstić information content (AvgIpc) is 3.25. The molecule has 3 N–H and O–H groups in total. The van der Waals surface area contributed by atoms with E-state index in [1.807, 2.05) is 12.2 Å². The second-order valence-electron chi connectivity index (χ2n) is 6.55. The highest BCUT2D eigenvalue weighted by Gasteiger charge is 2.39. The van der Waals surface area contributed by atoms with Gasteiger partial charge in [0.15, 0.2) is 0 Å². The molecule has 136 valence electrons. The van der Waals surface area contributed by atoms with Crippen molar-refractivity contribution >= 4 is 17.6 Å². The number of phenolic OH excluding ortho intramolecular Hbond substituents is 2. The van der Waals surface area contributed by atoms with Crippen molar-refractivity contribution < 1.29 is 29.6 Å². The van der Waals surface area contributed by atoms with Gasteiger partial charge in [0.25, 0.3) is 0 Å². The molecule has 3 rings (SSSR count). The molecule has 0 aliphatic carbocycles. The number of halogens is 1. The van der Waals surface area contributed by atoms with E-state index < -0.39 is 23.9 Å². The van der Waals surface area contributed by atoms with Crippen molar-refractivity contribution in [2.45, 2.75) is 57.0 Å². The summed E-state index contributed by atoms with van der Waals surface area (Å²) in [6.07, 6.45) is 4.41. The van der Waals surface area contributed by atoms with Crippen molar-refractivity contribution in [1.82, 2.24) is 0 Å². The number of phenols is 2. The first-order valence-electron chi connectivity index (χ1n) is 8.29. The highest BCUT2D eigenvalue weighted by molar-refractivity contribution is 6.33. The number of benzene rings is 1. The minimum atomic E-state index is -0.821. The Labute approximate surface area is 150 Å². The molecule has 0 spiro atoms. The van der Waals surface area contributed by atoms with Gasteiger partial charge in [0.2, 0.25) is 0 Å². The third-order valence-corrected chi connectivity index (χ3v) is 4.89. The molecule has 0 unspecified atom stereocenters. The molecule has 2 aliphatic heterocycles. The maximum absolute atomic E-state index is 12.5. The lowest BCUT2D eigenvalue weighted by molar-refractivity contribution is 0.0305. The van der Waals surface area contributed by atoms with Crippen LogP contribution in [0.4, 0.5) is 0 Å². The zero-order chi connectivity index (χ0) is 18.1. The van der Waals surface area contributed by atoms with Crippen LogP contribution in [0.2, 0.25) is 5.02 Å². The van der Waals surface area contributed by atoms with Crippen LogP contribution in [0.25, 0.3) is 0 Å². The standard InChI is InChI=1S/C18H21ClO6/c1-9-6-15-14(25-15)5-3-2-4-10(20)7-11-16(18(23)24-9)12(21)8-13(22)17(11)19/h2-3,8-10,14-15,20-22H,4-7H2,1H3/t9-,10+,14+,15+/m1/s1. The largest absolute Gasteiger partial charge is 0.507 e. The van der Waals surface area contributed by atoms with Gasteiger partial charge in [0.1, 0.15) is 23.2 Å². The molecule has 0 saturated carbocycles. The van der Waals surface area contributed by atoms with Crippen molar-refractivity contribution in [2.75, 3.05) is 0 Å². The fourth-order valence-electron chi connectivity index (χ4n) is 3.12. The average molecular weight is 369 g/mol. The highest BCUT2D eigenvalue weighted by Crippen LogP contribution is 2.38. The first kappa shape index (κ1) is 18.0. The molecule has 1 aromatic carbocycles. The van der Waals surface area contributed by atoms with Gasteiger partial charge < -0.3 is 24.8 Å². The van der Waals surface area contributed by atoms with Crippen LogP contribution in [-0.4, -0.2) is 45.7 Å². The van der Waals surface area contributed by atoms with E-state index >= 15 is 0 Å². The van der Waals surface area contributed by atoms with Crippen LogP contribution < -0.4 is 0 Å². The number of hydrogen-bond acceptors (Lipinski definition) is 6. The molecule has 0 amide bonds. The summed E-state index contributed by atoms with van der Waals surface area (Å²) in [5, 5.41) is 30.1. The van der Waals surface area contributed by atoms with E-state index in [9.17, 15) is 20.1 Å². The van der Waals surface area contributed by atoms with Crippen LogP contribution in [0.1, 0.15) is 42.1 Å². The van der Waals surface area contributed by atoms with Crippen LogP contribution in [0, 0.1) is 0 Å². The maximum atomic E-state index is 12.5. The van der Waals surface area contributed by atoms with E-state index in [4.69, 9.17) is 21.1 Å². The molecule has 6 nitrogen and oxygen atoms in total. The van der Waals surface area contributed by atoms with Crippen LogP contribution >= 0.6 is 11.6 Å². The van der Waals surface area contributed by atoms with E-state index in [1.54, 1.807) is 6.92 Å². The number of rotatable bonds is 0. The van der Waals surface area contributed by atoms with Crippen molar-refractivity contribution in [3.8, 4) is 11.5 Å². The minimum absolute atomic E-state index is 0.00645. The Hall–Kier alpha value is -1.76. The maximum Gasteiger partial charge on any atom is 0.342 e. The van der Waals surface area contributed by atoms with Crippen LogP contribution in [-0.2, 0) is 15.9 Å². The number of esters is 1. The van der Waals surface area contributed by atoms with Crippen molar-refractivity contribution in [1.29, 1.82) is 0 Å². The lowest BCUT2D eigenvalue weighted by atomic mass is 9.98. The Morgan fingerprint density at radius 3 is 2.64 bits per heavy atom. The quantitative estimate of drug-likeness (QED) is 0.370. The number of fused-ring (bicyclic) bond motifs is 2. The summed E-state index contributed by atoms with van der Waals surface area (Å²) < 4.78 is 11.0. The lowest BCUT2D eigenvalue weighted by Crippen LogP contribution is -2.20. The number of carbonyl (C=O) groups excluding carboxylic acids is 1. The minimum Gasteiger partial charge on any atom is -0.507 e. The van der Waals surface area contributed by atoms with Crippen molar-refractivity contribution in [3.63, 3.8) is 0 Å². The van der Waals surface area contributed by atoms with Gasteiger partial charge in [-0.2, -0.15) is 0 Å². The highest BCUT2D eigenvalue weighted by atomic mass is 35.5. The molecule has 7 heteroatoms. The summed E-state index contributed by atoms with van der Waals surface area (Å²) in [7, 11) is 0. The number of cyclic esters (lactones) is 1. The summed E-state index contributed by atoms with van der Waals surface area (Å²) in [5.74, 6) is -1.51. The second kappa shape index (κ2) is 7.23. The monoisotopic (exact) mass is 368 g/mol. The predicted molar refractivity (Wildman–Crippen MR) is 91.0 cm³/mol. The van der Waals surface area contributed by atoms with E-state index in [-0.39, 0.29) is 40.5 Å². The number of aromatic hydroxyl groups is 2. The second-order valence-corrected chi connectivity index (χ2v) is 6.93. The molecule has 1 aromatic rings.